The summed E-state index contributed by atoms with van der Waals surface area (Å²) in [4.78, 5) is 30.3. The molecular formula is C29H33N5O7. The maximum atomic E-state index is 13.2. The van der Waals surface area contributed by atoms with Crippen molar-refractivity contribution in [2.75, 3.05) is 40.1 Å². The second-order valence-electron chi connectivity index (χ2n) is 9.62. The third kappa shape index (κ3) is 6.67. The Morgan fingerprint density at radius 3 is 2.73 bits per heavy atom. The summed E-state index contributed by atoms with van der Waals surface area (Å²) in [5.41, 5.74) is 2.53. The minimum atomic E-state index is -0.162. The van der Waals surface area contributed by atoms with Gasteiger partial charge in [0.1, 0.15) is 12.2 Å². The molecular weight excluding hydrogens is 530 g/mol. The molecule has 2 aromatic heterocycles. The Morgan fingerprint density at radius 2 is 1.90 bits per heavy atom. The maximum absolute atomic E-state index is 13.2. The van der Waals surface area contributed by atoms with Crippen LogP contribution in [0.5, 0.6) is 11.5 Å². The Labute approximate surface area is 237 Å². The van der Waals surface area contributed by atoms with E-state index in [-0.39, 0.29) is 17.7 Å². The molecule has 4 aromatic rings. The number of nitrogens with zero attached hydrogens (tertiary/aromatic N) is 5. The Morgan fingerprint density at radius 1 is 1.07 bits per heavy atom. The monoisotopic (exact) mass is 563 g/mol. The van der Waals surface area contributed by atoms with Crippen LogP contribution in [0.1, 0.15) is 28.7 Å². The maximum Gasteiger partial charge on any atom is 0.293 e. The molecule has 1 atom stereocenters. The Kier molecular flexibility index (Phi) is 9.12. The van der Waals surface area contributed by atoms with Crippen molar-refractivity contribution in [3.8, 4) is 11.5 Å². The normalized spacial score (nSPS) is 15.9. The van der Waals surface area contributed by atoms with E-state index in [1.165, 1.54) is 5.06 Å². The number of benzene rings is 2. The molecule has 41 heavy (non-hydrogen) atoms. The van der Waals surface area contributed by atoms with Crippen molar-refractivity contribution in [1.29, 1.82) is 0 Å². The zero-order chi connectivity index (χ0) is 28.6. The van der Waals surface area contributed by atoms with Crippen LogP contribution in [-0.2, 0) is 33.8 Å². The highest BCUT2D eigenvalue weighted by Crippen LogP contribution is 2.36. The summed E-state index contributed by atoms with van der Waals surface area (Å²) in [7, 11) is 1.64. The molecule has 0 saturated heterocycles. The summed E-state index contributed by atoms with van der Waals surface area (Å²) < 4.78 is 23.9. The lowest BCUT2D eigenvalue weighted by Crippen LogP contribution is -2.41. The molecule has 0 aliphatic carbocycles. The molecule has 2 aromatic carbocycles. The highest BCUT2D eigenvalue weighted by atomic mass is 16.7. The SMILES string of the molecule is COCCOCCn1cc(CCN2C(=O)c3oc4ccccc4c3OCC2C)nn1.O=CN1Cc2ccccc2O1. The first-order chi connectivity index (χ1) is 20.1. The van der Waals surface area contributed by atoms with Crippen molar-refractivity contribution in [2.24, 2.45) is 0 Å². The molecule has 0 bridgehead atoms. The van der Waals surface area contributed by atoms with Crippen LogP contribution in [0.4, 0.5) is 0 Å². The standard InChI is InChI=1S/C21H26N4O5.C8H7NO2/c1-15-14-29-19-17-5-3-4-6-18(17)30-20(19)21(26)25(15)8-7-16-13-24(23-22-16)9-10-28-12-11-27-2;10-6-9-5-7-3-1-2-4-8(7)11-9/h3-6,13,15H,7-12,14H2,1-2H3;1-4,6H,5H2. The van der Waals surface area contributed by atoms with Gasteiger partial charge in [-0.05, 0) is 25.1 Å². The molecule has 1 unspecified atom stereocenters. The molecule has 216 valence electrons. The predicted molar refractivity (Wildman–Crippen MR) is 147 cm³/mol. The minimum Gasteiger partial charge on any atom is -0.487 e. The summed E-state index contributed by atoms with van der Waals surface area (Å²) >= 11 is 0. The van der Waals surface area contributed by atoms with Crippen LogP contribution in [0.25, 0.3) is 11.0 Å². The molecule has 2 aliphatic rings. The Hall–Kier alpha value is -4.42. The molecule has 12 nitrogen and oxygen atoms in total. The van der Waals surface area contributed by atoms with Crippen LogP contribution in [-0.4, -0.2) is 83.4 Å². The van der Waals surface area contributed by atoms with Crippen LogP contribution < -0.4 is 9.57 Å². The lowest BCUT2D eigenvalue weighted by Gasteiger charge is -2.25. The zero-order valence-electron chi connectivity index (χ0n) is 23.1. The summed E-state index contributed by atoms with van der Waals surface area (Å²) in [6, 6.07) is 15.0. The zero-order valence-corrected chi connectivity index (χ0v) is 23.1. The van der Waals surface area contributed by atoms with Crippen LogP contribution in [0.2, 0.25) is 0 Å². The number of rotatable bonds is 10. The number of para-hydroxylation sites is 2. The first-order valence-electron chi connectivity index (χ1n) is 13.5. The van der Waals surface area contributed by atoms with Gasteiger partial charge in [-0.25, -0.2) is 4.68 Å². The number of aromatic nitrogens is 3. The van der Waals surface area contributed by atoms with Gasteiger partial charge in [-0.2, -0.15) is 5.06 Å². The van der Waals surface area contributed by atoms with E-state index < -0.39 is 0 Å². The van der Waals surface area contributed by atoms with E-state index >= 15 is 0 Å². The van der Waals surface area contributed by atoms with Gasteiger partial charge >= 0.3 is 0 Å². The van der Waals surface area contributed by atoms with Gasteiger partial charge in [-0.1, -0.05) is 35.5 Å². The number of furan rings is 1. The van der Waals surface area contributed by atoms with Crippen LogP contribution in [0.15, 0.2) is 59.1 Å². The summed E-state index contributed by atoms with van der Waals surface area (Å²) in [6.07, 6.45) is 3.16. The van der Waals surface area contributed by atoms with E-state index in [0.29, 0.717) is 70.2 Å². The number of fused-ring (bicyclic) bond motifs is 4. The third-order valence-electron chi connectivity index (χ3n) is 6.73. The highest BCUT2D eigenvalue weighted by molar-refractivity contribution is 6.02. The Bertz CT molecular complexity index is 1440. The van der Waals surface area contributed by atoms with Gasteiger partial charge in [0, 0.05) is 31.8 Å². The first kappa shape index (κ1) is 28.1. The van der Waals surface area contributed by atoms with Gasteiger partial charge in [-0.3, -0.25) is 9.59 Å². The summed E-state index contributed by atoms with van der Waals surface area (Å²) in [6.45, 7) is 5.72. The fraction of sp³-hybridized carbons (Fsp3) is 0.379. The lowest BCUT2D eigenvalue weighted by atomic mass is 10.2. The van der Waals surface area contributed by atoms with E-state index in [9.17, 15) is 9.59 Å². The molecule has 6 rings (SSSR count). The minimum absolute atomic E-state index is 0.0805. The number of amides is 2. The first-order valence-corrected chi connectivity index (χ1v) is 13.5. The van der Waals surface area contributed by atoms with Crippen molar-refractivity contribution in [1.82, 2.24) is 25.0 Å². The molecule has 0 spiro atoms. The third-order valence-corrected chi connectivity index (χ3v) is 6.73. The number of hydrogen-bond acceptors (Lipinski definition) is 9. The smallest absolute Gasteiger partial charge is 0.293 e. The molecule has 0 N–H and O–H groups in total. The molecule has 0 saturated carbocycles. The van der Waals surface area contributed by atoms with Gasteiger partial charge < -0.3 is 28.4 Å². The van der Waals surface area contributed by atoms with Crippen molar-refractivity contribution in [3.05, 3.63) is 71.7 Å². The molecule has 12 heteroatoms. The predicted octanol–water partition coefficient (Wildman–Crippen LogP) is 3.11. The number of ether oxygens (including phenoxy) is 3. The van der Waals surface area contributed by atoms with Crippen molar-refractivity contribution in [2.45, 2.75) is 32.5 Å². The fourth-order valence-electron chi connectivity index (χ4n) is 4.56. The molecule has 0 radical (unpaired) electrons. The van der Waals surface area contributed by atoms with Crippen molar-refractivity contribution < 1.29 is 33.1 Å². The molecule has 0 fully saturated rings. The Balaban J connectivity index is 0.000000255. The van der Waals surface area contributed by atoms with Crippen molar-refractivity contribution in [3.63, 3.8) is 0 Å². The van der Waals surface area contributed by atoms with Crippen LogP contribution >= 0.6 is 0 Å². The molecule has 2 aliphatic heterocycles. The fourth-order valence-corrected chi connectivity index (χ4v) is 4.56. The van der Waals surface area contributed by atoms with Gasteiger partial charge in [0.2, 0.25) is 12.2 Å². The van der Waals surface area contributed by atoms with Crippen molar-refractivity contribution >= 4 is 23.3 Å². The second-order valence-corrected chi connectivity index (χ2v) is 9.62. The lowest BCUT2D eigenvalue weighted by molar-refractivity contribution is -0.139. The van der Waals surface area contributed by atoms with Gasteiger partial charge in [0.25, 0.3) is 5.91 Å². The number of hydroxylamine groups is 2. The topological polar surface area (TPSA) is 121 Å². The number of carbonyl (C=O) groups is 2. The van der Waals surface area contributed by atoms with E-state index in [1.807, 2.05) is 61.7 Å². The van der Waals surface area contributed by atoms with E-state index in [2.05, 4.69) is 10.3 Å². The number of carbonyl (C=O) groups excluding carboxylic acids is 2. The largest absolute Gasteiger partial charge is 0.487 e. The molecule has 4 heterocycles. The van der Waals surface area contributed by atoms with E-state index in [0.717, 1.165) is 22.4 Å². The summed E-state index contributed by atoms with van der Waals surface area (Å²) in [5.74, 6) is 1.41. The van der Waals surface area contributed by atoms with Crippen LogP contribution in [0.3, 0.4) is 0 Å². The number of methoxy groups -OCH3 is 1. The average Bonchev–Trinajstić information content (AvgIpc) is 3.71. The highest BCUT2D eigenvalue weighted by Gasteiger charge is 2.33. The van der Waals surface area contributed by atoms with E-state index in [1.54, 1.807) is 16.7 Å². The van der Waals surface area contributed by atoms with Gasteiger partial charge in [-0.15, -0.1) is 5.10 Å². The quantitative estimate of drug-likeness (QED) is 0.212. The number of hydrogen-bond donors (Lipinski definition) is 0. The van der Waals surface area contributed by atoms with Gasteiger partial charge in [0.05, 0.1) is 50.0 Å². The average molecular weight is 564 g/mol. The summed E-state index contributed by atoms with van der Waals surface area (Å²) in [5, 5.41) is 10.4. The van der Waals surface area contributed by atoms with Gasteiger partial charge in [0.15, 0.2) is 11.5 Å². The van der Waals surface area contributed by atoms with E-state index in [4.69, 9.17) is 23.5 Å². The van der Waals surface area contributed by atoms with Crippen LogP contribution in [0, 0.1) is 0 Å². The molecule has 2 amide bonds. The second kappa shape index (κ2) is 13.3.